The molecule has 2 N–H and O–H groups in total. The molecule has 1 saturated heterocycles. The zero-order valence-corrected chi connectivity index (χ0v) is 12.0. The lowest BCUT2D eigenvalue weighted by atomic mass is 10.0. The molecule has 0 radical (unpaired) electrons. The van der Waals surface area contributed by atoms with E-state index in [0.717, 1.165) is 26.2 Å². The quantitative estimate of drug-likeness (QED) is 0.879. The molecule has 0 atom stereocenters. The van der Waals surface area contributed by atoms with Gasteiger partial charge in [-0.25, -0.2) is 4.98 Å². The van der Waals surface area contributed by atoms with Gasteiger partial charge in [-0.2, -0.15) is 0 Å². The summed E-state index contributed by atoms with van der Waals surface area (Å²) in [5, 5.41) is 6.66. The van der Waals surface area contributed by atoms with Crippen molar-refractivity contribution in [3.63, 3.8) is 0 Å². The maximum absolute atomic E-state index is 12.4. The second-order valence-electron chi connectivity index (χ2n) is 5.11. The Morgan fingerprint density at radius 1 is 1.47 bits per heavy atom. The number of anilines is 1. The molecular formula is C13H19ClN4O. The summed E-state index contributed by atoms with van der Waals surface area (Å²) in [4.78, 5) is 18.6. The number of hydrogen-bond acceptors (Lipinski definition) is 4. The number of pyridine rings is 1. The molecule has 1 amide bonds. The van der Waals surface area contributed by atoms with E-state index in [9.17, 15) is 4.79 Å². The van der Waals surface area contributed by atoms with Crippen molar-refractivity contribution >= 4 is 23.3 Å². The lowest BCUT2D eigenvalue weighted by Crippen LogP contribution is -2.58. The number of nitrogens with one attached hydrogen (secondary N) is 2. The molecular weight excluding hydrogens is 264 g/mol. The van der Waals surface area contributed by atoms with Gasteiger partial charge >= 0.3 is 0 Å². The molecule has 6 heteroatoms. The predicted octanol–water partition coefficient (Wildman–Crippen LogP) is 1.36. The van der Waals surface area contributed by atoms with Crippen LogP contribution in [0.15, 0.2) is 18.3 Å². The number of nitrogens with zero attached hydrogens (tertiary/aromatic N) is 2. The predicted molar refractivity (Wildman–Crippen MR) is 76.4 cm³/mol. The first kappa shape index (κ1) is 14.2. The van der Waals surface area contributed by atoms with E-state index in [1.54, 1.807) is 18.3 Å². The summed E-state index contributed by atoms with van der Waals surface area (Å²) in [7, 11) is 0. The molecule has 0 unspecified atom stereocenters. The molecule has 0 aliphatic carbocycles. The summed E-state index contributed by atoms with van der Waals surface area (Å²) in [5.74, 6) is 0.421. The fourth-order valence-corrected chi connectivity index (χ4v) is 2.27. The van der Waals surface area contributed by atoms with Crippen molar-refractivity contribution in [3.8, 4) is 0 Å². The van der Waals surface area contributed by atoms with Crippen molar-refractivity contribution in [1.29, 1.82) is 0 Å². The zero-order valence-electron chi connectivity index (χ0n) is 11.2. The molecule has 2 heterocycles. The number of aromatic nitrogens is 1. The smallest absolute Gasteiger partial charge is 0.245 e. The van der Waals surface area contributed by atoms with E-state index in [1.165, 1.54) is 0 Å². The second kappa shape index (κ2) is 5.86. The molecule has 104 valence electrons. The maximum atomic E-state index is 12.4. The van der Waals surface area contributed by atoms with Crippen molar-refractivity contribution in [3.05, 3.63) is 23.4 Å². The Morgan fingerprint density at radius 3 is 2.79 bits per heavy atom. The molecule has 0 spiro atoms. The first-order valence-electron chi connectivity index (χ1n) is 6.39. The van der Waals surface area contributed by atoms with Gasteiger partial charge in [-0.3, -0.25) is 9.69 Å². The number of hydrogen-bond donors (Lipinski definition) is 2. The second-order valence-corrected chi connectivity index (χ2v) is 5.55. The molecule has 1 aliphatic rings. The van der Waals surface area contributed by atoms with Gasteiger partial charge in [0.1, 0.15) is 5.82 Å². The van der Waals surface area contributed by atoms with E-state index in [4.69, 9.17) is 11.6 Å². The summed E-state index contributed by atoms with van der Waals surface area (Å²) in [6.07, 6.45) is 1.58. The van der Waals surface area contributed by atoms with Gasteiger partial charge in [0.25, 0.3) is 0 Å². The van der Waals surface area contributed by atoms with Crippen molar-refractivity contribution < 1.29 is 4.79 Å². The van der Waals surface area contributed by atoms with Crippen LogP contribution in [0.5, 0.6) is 0 Å². The Kier molecular flexibility index (Phi) is 4.39. The fraction of sp³-hybridized carbons (Fsp3) is 0.538. The Morgan fingerprint density at radius 2 is 2.16 bits per heavy atom. The van der Waals surface area contributed by atoms with E-state index < -0.39 is 5.54 Å². The maximum Gasteiger partial charge on any atom is 0.245 e. The van der Waals surface area contributed by atoms with Crippen molar-refractivity contribution in [2.75, 3.05) is 31.5 Å². The molecule has 0 saturated carbocycles. The van der Waals surface area contributed by atoms with Gasteiger partial charge in [0, 0.05) is 37.4 Å². The molecule has 1 aliphatic heterocycles. The topological polar surface area (TPSA) is 57.3 Å². The average molecular weight is 283 g/mol. The summed E-state index contributed by atoms with van der Waals surface area (Å²) in [6.45, 7) is 7.40. The van der Waals surface area contributed by atoms with Crippen LogP contribution in [0.25, 0.3) is 0 Å². The lowest BCUT2D eigenvalue weighted by Gasteiger charge is -2.39. The van der Waals surface area contributed by atoms with Gasteiger partial charge in [0.15, 0.2) is 0 Å². The minimum Gasteiger partial charge on any atom is -0.314 e. The normalized spacial score (nSPS) is 17.2. The SMILES string of the molecule is CC(C)(C(=O)Nc1cc(Cl)ccn1)N1CCNCC1. The highest BCUT2D eigenvalue weighted by Gasteiger charge is 2.35. The van der Waals surface area contributed by atoms with E-state index in [0.29, 0.717) is 10.8 Å². The van der Waals surface area contributed by atoms with E-state index >= 15 is 0 Å². The van der Waals surface area contributed by atoms with Gasteiger partial charge in [-0.15, -0.1) is 0 Å². The third-order valence-corrected chi connectivity index (χ3v) is 3.66. The average Bonchev–Trinajstić information content (AvgIpc) is 2.39. The number of rotatable bonds is 3. The molecule has 1 aromatic heterocycles. The van der Waals surface area contributed by atoms with Gasteiger partial charge in [0.2, 0.25) is 5.91 Å². The van der Waals surface area contributed by atoms with Crippen LogP contribution in [0.2, 0.25) is 5.02 Å². The monoisotopic (exact) mass is 282 g/mol. The standard InChI is InChI=1S/C13H19ClN4O/c1-13(2,18-7-5-15-6-8-18)12(19)17-11-9-10(14)3-4-16-11/h3-4,9,15H,5-8H2,1-2H3,(H,16,17,19). The Balaban J connectivity index is 2.05. The number of amides is 1. The summed E-state index contributed by atoms with van der Waals surface area (Å²) >= 11 is 5.88. The highest BCUT2D eigenvalue weighted by Crippen LogP contribution is 2.19. The van der Waals surface area contributed by atoms with Crippen LogP contribution in [0.1, 0.15) is 13.8 Å². The molecule has 19 heavy (non-hydrogen) atoms. The first-order valence-corrected chi connectivity index (χ1v) is 6.77. The fourth-order valence-electron chi connectivity index (χ4n) is 2.11. The highest BCUT2D eigenvalue weighted by molar-refractivity contribution is 6.30. The minimum absolute atomic E-state index is 0.0656. The van der Waals surface area contributed by atoms with Gasteiger partial charge in [-0.1, -0.05) is 11.6 Å². The summed E-state index contributed by atoms with van der Waals surface area (Å²) in [6, 6.07) is 3.33. The van der Waals surface area contributed by atoms with Crippen LogP contribution in [0.3, 0.4) is 0 Å². The number of carbonyl (C=O) groups excluding carboxylic acids is 1. The van der Waals surface area contributed by atoms with Gasteiger partial charge < -0.3 is 10.6 Å². The van der Waals surface area contributed by atoms with E-state index in [-0.39, 0.29) is 5.91 Å². The van der Waals surface area contributed by atoms with Crippen LogP contribution in [0, 0.1) is 0 Å². The van der Waals surface area contributed by atoms with Crippen molar-refractivity contribution in [1.82, 2.24) is 15.2 Å². The molecule has 1 aromatic rings. The third-order valence-electron chi connectivity index (χ3n) is 3.43. The summed E-state index contributed by atoms with van der Waals surface area (Å²) in [5.41, 5.74) is -0.563. The Labute approximate surface area is 118 Å². The summed E-state index contributed by atoms with van der Waals surface area (Å²) < 4.78 is 0. The van der Waals surface area contributed by atoms with Gasteiger partial charge in [0.05, 0.1) is 5.54 Å². The van der Waals surface area contributed by atoms with E-state index in [2.05, 4.69) is 20.5 Å². The Bertz CT molecular complexity index is 458. The van der Waals surface area contributed by atoms with Crippen LogP contribution < -0.4 is 10.6 Å². The number of carbonyl (C=O) groups is 1. The van der Waals surface area contributed by atoms with Crippen molar-refractivity contribution in [2.45, 2.75) is 19.4 Å². The molecule has 2 rings (SSSR count). The zero-order chi connectivity index (χ0) is 13.9. The Hall–Kier alpha value is -1.17. The molecule has 0 aromatic carbocycles. The minimum atomic E-state index is -0.563. The van der Waals surface area contributed by atoms with Crippen LogP contribution in [-0.2, 0) is 4.79 Å². The lowest BCUT2D eigenvalue weighted by molar-refractivity contribution is -0.126. The molecule has 1 fully saturated rings. The number of piperazine rings is 1. The van der Waals surface area contributed by atoms with E-state index in [1.807, 2.05) is 13.8 Å². The van der Waals surface area contributed by atoms with Crippen LogP contribution >= 0.6 is 11.6 Å². The largest absolute Gasteiger partial charge is 0.314 e. The third kappa shape index (κ3) is 3.43. The molecule has 0 bridgehead atoms. The van der Waals surface area contributed by atoms with Crippen molar-refractivity contribution in [2.24, 2.45) is 0 Å². The van der Waals surface area contributed by atoms with Gasteiger partial charge in [-0.05, 0) is 26.0 Å². The first-order chi connectivity index (χ1) is 9.00. The number of halogens is 1. The molecule has 5 nitrogen and oxygen atoms in total. The van der Waals surface area contributed by atoms with Crippen LogP contribution in [-0.4, -0.2) is 47.5 Å². The van der Waals surface area contributed by atoms with Crippen LogP contribution in [0.4, 0.5) is 5.82 Å². The highest BCUT2D eigenvalue weighted by atomic mass is 35.5.